The summed E-state index contributed by atoms with van der Waals surface area (Å²) < 4.78 is 0. The highest BCUT2D eigenvalue weighted by Gasteiger charge is 2.01. The fourth-order valence-corrected chi connectivity index (χ4v) is 0.940. The maximum Gasteiger partial charge on any atom is 0.127 e. The molecule has 0 aromatic heterocycles. The van der Waals surface area contributed by atoms with Crippen LogP contribution in [0.4, 0.5) is 0 Å². The van der Waals surface area contributed by atoms with Gasteiger partial charge in [0.2, 0.25) is 0 Å². The average molecular weight is 189 g/mol. The number of nitrogens with zero attached hydrogens (tertiary/aromatic N) is 1. The minimum Gasteiger partial charge on any atom is -0.303 e. The van der Waals surface area contributed by atoms with Gasteiger partial charge in [0.25, 0.3) is 0 Å². The maximum absolute atomic E-state index is 10.4. The Morgan fingerprint density at radius 3 is 2.14 bits per heavy atom. The zero-order valence-electron chi connectivity index (χ0n) is 8.82. The number of nitriles is 1. The van der Waals surface area contributed by atoms with E-state index in [-0.39, 0.29) is 5.92 Å². The zero-order valence-corrected chi connectivity index (χ0v) is 8.82. The molecule has 1 atom stereocenters. The molecule has 1 aromatic carbocycles. The van der Waals surface area contributed by atoms with E-state index in [1.165, 1.54) is 0 Å². The second-order valence-electron chi connectivity index (χ2n) is 2.66. The first-order chi connectivity index (χ1) is 6.77. The lowest BCUT2D eigenvalue weighted by molar-refractivity contribution is -0.108. The van der Waals surface area contributed by atoms with Gasteiger partial charge in [0.1, 0.15) is 6.29 Å². The lowest BCUT2D eigenvalue weighted by atomic mass is 10.0. The van der Waals surface area contributed by atoms with Crippen LogP contribution in [0.15, 0.2) is 24.3 Å². The molecule has 74 valence electrons. The summed E-state index contributed by atoms with van der Waals surface area (Å²) in [6, 6.07) is 9.06. The first kappa shape index (κ1) is 12.4. The molecule has 0 heterocycles. The number of carbonyl (C=O) groups excluding carboxylic acids is 1. The van der Waals surface area contributed by atoms with Gasteiger partial charge < -0.3 is 4.79 Å². The molecule has 0 aliphatic heterocycles. The number of hydrogen-bond donors (Lipinski definition) is 0. The highest BCUT2D eigenvalue weighted by atomic mass is 16.1. The number of carbonyl (C=O) groups is 1. The molecule has 14 heavy (non-hydrogen) atoms. The van der Waals surface area contributed by atoms with Gasteiger partial charge in [-0.05, 0) is 17.7 Å². The van der Waals surface area contributed by atoms with Crippen molar-refractivity contribution >= 4 is 6.29 Å². The fraction of sp³-hybridized carbons (Fsp3) is 0.333. The van der Waals surface area contributed by atoms with Crippen LogP contribution in [0.25, 0.3) is 0 Å². The quantitative estimate of drug-likeness (QED) is 0.671. The van der Waals surface area contributed by atoms with Crippen LogP contribution in [0, 0.1) is 11.3 Å². The third kappa shape index (κ3) is 3.40. The summed E-state index contributed by atoms with van der Waals surface area (Å²) in [5.41, 5.74) is 1.57. The standard InChI is InChI=1S/C10H9NO.C2H6/c1-8(7-12)10-4-2-9(6-11)3-5-10;1-2/h2-5,7-8H,1H3;1-2H3. The normalized spacial score (nSPS) is 10.4. The molecule has 0 fully saturated rings. The molecule has 0 N–H and O–H groups in total. The Balaban J connectivity index is 0.000000791. The molecule has 0 bridgehead atoms. The van der Waals surface area contributed by atoms with E-state index in [0.29, 0.717) is 5.56 Å². The van der Waals surface area contributed by atoms with Crippen LogP contribution in [-0.4, -0.2) is 6.29 Å². The highest BCUT2D eigenvalue weighted by Crippen LogP contribution is 2.12. The van der Waals surface area contributed by atoms with Gasteiger partial charge in [0.15, 0.2) is 0 Å². The summed E-state index contributed by atoms with van der Waals surface area (Å²) in [4.78, 5) is 10.4. The van der Waals surface area contributed by atoms with Gasteiger partial charge in [-0.25, -0.2) is 0 Å². The first-order valence-electron chi connectivity index (χ1n) is 4.73. The second-order valence-corrected chi connectivity index (χ2v) is 2.66. The van der Waals surface area contributed by atoms with Crippen LogP contribution in [0.3, 0.4) is 0 Å². The van der Waals surface area contributed by atoms with Gasteiger partial charge in [-0.2, -0.15) is 5.26 Å². The lowest BCUT2D eigenvalue weighted by Gasteiger charge is -2.01. The fourth-order valence-electron chi connectivity index (χ4n) is 0.940. The minimum absolute atomic E-state index is 0.0854. The van der Waals surface area contributed by atoms with Crippen molar-refractivity contribution < 1.29 is 4.79 Å². The molecule has 0 amide bonds. The van der Waals surface area contributed by atoms with Gasteiger partial charge in [-0.3, -0.25) is 0 Å². The van der Waals surface area contributed by atoms with E-state index >= 15 is 0 Å². The molecule has 1 aromatic rings. The molecule has 2 heteroatoms. The Labute approximate surface area is 85.2 Å². The summed E-state index contributed by atoms with van der Waals surface area (Å²) in [5.74, 6) is -0.0854. The molecular weight excluding hydrogens is 174 g/mol. The Morgan fingerprint density at radius 1 is 1.29 bits per heavy atom. The van der Waals surface area contributed by atoms with Crippen molar-refractivity contribution in [2.45, 2.75) is 26.7 Å². The van der Waals surface area contributed by atoms with Crippen molar-refractivity contribution in [2.24, 2.45) is 0 Å². The summed E-state index contributed by atoms with van der Waals surface area (Å²) >= 11 is 0. The van der Waals surface area contributed by atoms with Gasteiger partial charge in [-0.1, -0.05) is 32.9 Å². The van der Waals surface area contributed by atoms with E-state index in [0.717, 1.165) is 11.8 Å². The number of rotatable bonds is 2. The lowest BCUT2D eigenvalue weighted by Crippen LogP contribution is -1.93. The molecule has 0 aliphatic carbocycles. The van der Waals surface area contributed by atoms with Crippen LogP contribution in [-0.2, 0) is 4.79 Å². The van der Waals surface area contributed by atoms with Gasteiger partial charge in [0, 0.05) is 5.92 Å². The summed E-state index contributed by atoms with van der Waals surface area (Å²) in [6.45, 7) is 5.83. The first-order valence-corrected chi connectivity index (χ1v) is 4.73. The smallest absolute Gasteiger partial charge is 0.127 e. The van der Waals surface area contributed by atoms with Crippen LogP contribution in [0.2, 0.25) is 0 Å². The van der Waals surface area contributed by atoms with Crippen molar-refractivity contribution in [3.63, 3.8) is 0 Å². The predicted molar refractivity (Wildman–Crippen MR) is 57.0 cm³/mol. The van der Waals surface area contributed by atoms with E-state index in [2.05, 4.69) is 0 Å². The zero-order chi connectivity index (χ0) is 11.0. The van der Waals surface area contributed by atoms with Crippen molar-refractivity contribution in [3.05, 3.63) is 35.4 Å². The van der Waals surface area contributed by atoms with Crippen LogP contribution in [0.5, 0.6) is 0 Å². The van der Waals surface area contributed by atoms with E-state index < -0.39 is 0 Å². The van der Waals surface area contributed by atoms with Crippen molar-refractivity contribution in [3.8, 4) is 6.07 Å². The van der Waals surface area contributed by atoms with Gasteiger partial charge >= 0.3 is 0 Å². The molecule has 0 aliphatic rings. The second kappa shape index (κ2) is 6.85. The van der Waals surface area contributed by atoms with E-state index in [1.54, 1.807) is 24.3 Å². The van der Waals surface area contributed by atoms with Crippen molar-refractivity contribution in [1.82, 2.24) is 0 Å². The number of aldehydes is 1. The largest absolute Gasteiger partial charge is 0.303 e. The Morgan fingerprint density at radius 2 is 1.79 bits per heavy atom. The maximum atomic E-state index is 10.4. The van der Waals surface area contributed by atoms with Crippen LogP contribution < -0.4 is 0 Å². The Kier molecular flexibility index (Phi) is 6.06. The topological polar surface area (TPSA) is 40.9 Å². The predicted octanol–water partition coefficient (Wildman–Crippen LogP) is 2.89. The van der Waals surface area contributed by atoms with E-state index in [4.69, 9.17) is 5.26 Å². The highest BCUT2D eigenvalue weighted by molar-refractivity contribution is 5.61. The SMILES string of the molecule is CC.CC(C=O)c1ccc(C#N)cc1. The van der Waals surface area contributed by atoms with Crippen LogP contribution >= 0.6 is 0 Å². The molecular formula is C12H15NO. The summed E-state index contributed by atoms with van der Waals surface area (Å²) in [7, 11) is 0. The third-order valence-electron chi connectivity index (χ3n) is 1.77. The minimum atomic E-state index is -0.0854. The third-order valence-corrected chi connectivity index (χ3v) is 1.77. The summed E-state index contributed by atoms with van der Waals surface area (Å²) in [6.07, 6.45) is 0.890. The molecule has 0 saturated carbocycles. The van der Waals surface area contributed by atoms with E-state index in [9.17, 15) is 4.79 Å². The average Bonchev–Trinajstić information content (AvgIpc) is 2.31. The molecule has 0 saturated heterocycles. The van der Waals surface area contributed by atoms with Gasteiger partial charge in [-0.15, -0.1) is 0 Å². The number of hydrogen-bond acceptors (Lipinski definition) is 2. The van der Waals surface area contributed by atoms with Crippen molar-refractivity contribution in [1.29, 1.82) is 5.26 Å². The van der Waals surface area contributed by atoms with Crippen LogP contribution in [0.1, 0.15) is 37.8 Å². The van der Waals surface area contributed by atoms with Crippen molar-refractivity contribution in [2.75, 3.05) is 0 Å². The molecule has 1 unspecified atom stereocenters. The Hall–Kier alpha value is -1.62. The molecule has 1 rings (SSSR count). The van der Waals surface area contributed by atoms with E-state index in [1.807, 2.05) is 26.8 Å². The molecule has 2 nitrogen and oxygen atoms in total. The van der Waals surface area contributed by atoms with Gasteiger partial charge in [0.05, 0.1) is 11.6 Å². The molecule has 0 spiro atoms. The molecule has 0 radical (unpaired) electrons. The monoisotopic (exact) mass is 189 g/mol. The number of benzene rings is 1. The Bertz CT molecular complexity index is 308. The summed E-state index contributed by atoms with van der Waals surface area (Å²) in [5, 5.41) is 8.50.